The van der Waals surface area contributed by atoms with E-state index in [1.807, 2.05) is 36.4 Å². The van der Waals surface area contributed by atoms with Gasteiger partial charge in [0.25, 0.3) is 0 Å². The standard InChI is InChI=1S/C80H100O9/c1-6-18-60-20-26-64(27-21-60)66-42-48-79(49-43-66,88-77(82)68-30-34-72(35-31-68)85-53-15-11-10-14-52-84-59(5)8-3)46-40-62-24-38-74-70(56-62)58-71-57-63(25-39-75(71)74)41-47-80(50-44-67(45-51-80)65-28-22-61(19-7-2)23-29-65)89-78(83)69-32-36-73(37-33-69)86-54-16-12-13-17-55-87-76(81)9-4/h8-9,24-25,30-39,56-57,60-61,64-67H,3-7,10-23,26-29,42-45,48-55,58H2,1-2H3. The molecule has 0 atom stereocenters. The monoisotopic (exact) mass is 1200 g/mol. The summed E-state index contributed by atoms with van der Waals surface area (Å²) in [4.78, 5) is 39.5. The molecule has 0 heterocycles. The van der Waals surface area contributed by atoms with Crippen molar-refractivity contribution in [3.05, 3.63) is 156 Å². The van der Waals surface area contributed by atoms with Gasteiger partial charge in [-0.3, -0.25) is 0 Å². The van der Waals surface area contributed by atoms with Crippen LogP contribution in [0, 0.1) is 59.2 Å². The molecule has 0 N–H and O–H groups in total. The van der Waals surface area contributed by atoms with Gasteiger partial charge in [-0.2, -0.15) is 0 Å². The molecular formula is C80H100O9. The molecule has 0 radical (unpaired) electrons. The van der Waals surface area contributed by atoms with Gasteiger partial charge in [-0.1, -0.05) is 109 Å². The summed E-state index contributed by atoms with van der Waals surface area (Å²) in [6.07, 6.45) is 33.9. The van der Waals surface area contributed by atoms with Crippen LogP contribution in [0.4, 0.5) is 0 Å². The van der Waals surface area contributed by atoms with E-state index < -0.39 is 11.2 Å². The topological polar surface area (TPSA) is 107 Å². The Morgan fingerprint density at radius 3 is 1.27 bits per heavy atom. The Labute approximate surface area is 533 Å². The third kappa shape index (κ3) is 19.5. The van der Waals surface area contributed by atoms with Crippen LogP contribution in [-0.4, -0.2) is 55.5 Å². The van der Waals surface area contributed by atoms with Gasteiger partial charge in [-0.15, -0.1) is 0 Å². The summed E-state index contributed by atoms with van der Waals surface area (Å²) >= 11 is 0. The number of fused-ring (bicyclic) bond motifs is 3. The highest BCUT2D eigenvalue weighted by Crippen LogP contribution is 2.47. The second-order valence-electron chi connectivity index (χ2n) is 26.5. The van der Waals surface area contributed by atoms with Gasteiger partial charge in [0.2, 0.25) is 0 Å². The Kier molecular flexibility index (Phi) is 25.2. The summed E-state index contributed by atoms with van der Waals surface area (Å²) in [7, 11) is 0. The van der Waals surface area contributed by atoms with Crippen molar-refractivity contribution in [3.63, 3.8) is 0 Å². The molecular weight excluding hydrogens is 1100 g/mol. The van der Waals surface area contributed by atoms with Gasteiger partial charge in [-0.05, 0) is 283 Å². The molecule has 0 aliphatic heterocycles. The van der Waals surface area contributed by atoms with E-state index in [0.717, 1.165) is 150 Å². The van der Waals surface area contributed by atoms with E-state index in [-0.39, 0.29) is 17.9 Å². The molecule has 9 nitrogen and oxygen atoms in total. The SMILES string of the molecule is C=CC(=C)OCCCCCCOc1ccc(C(=O)OC2(C#Cc3ccc4c(c3)Cc3cc(C#CC5(OC(=O)c6ccc(OCCCCCCOC(=O)C=C)cc6)CCC(C6CCC(CCC)CC6)CC5)ccc3-4)CCC(C3CCC(CCC)CC3)CC2)cc1. The molecule has 0 unspecified atom stereocenters. The first-order valence-corrected chi connectivity index (χ1v) is 34.4. The maximum Gasteiger partial charge on any atom is 0.339 e. The molecule has 4 saturated carbocycles. The summed E-state index contributed by atoms with van der Waals surface area (Å²) in [5.41, 5.74) is 5.90. The quantitative estimate of drug-likeness (QED) is 0.00880. The number of allylic oxidation sites excluding steroid dienone is 1. The molecule has 5 aliphatic rings. The second-order valence-corrected chi connectivity index (χ2v) is 26.5. The van der Waals surface area contributed by atoms with Crippen LogP contribution < -0.4 is 9.47 Å². The average molecular weight is 1210 g/mol. The molecule has 5 aliphatic carbocycles. The Hall–Kier alpha value is -6.97. The number of rotatable bonds is 29. The van der Waals surface area contributed by atoms with Gasteiger partial charge in [0, 0.05) is 17.2 Å². The summed E-state index contributed by atoms with van der Waals surface area (Å²) < 4.78 is 35.9. The Balaban J connectivity index is 0.846. The van der Waals surface area contributed by atoms with Crippen molar-refractivity contribution >= 4 is 17.9 Å². The first-order chi connectivity index (χ1) is 43.4. The lowest BCUT2D eigenvalue weighted by molar-refractivity contribution is -0.137. The Morgan fingerprint density at radius 2 is 0.876 bits per heavy atom. The van der Waals surface area contributed by atoms with E-state index in [1.54, 1.807) is 18.2 Å². The Morgan fingerprint density at radius 1 is 0.483 bits per heavy atom. The van der Waals surface area contributed by atoms with E-state index >= 15 is 0 Å². The van der Waals surface area contributed by atoms with Gasteiger partial charge >= 0.3 is 17.9 Å². The molecule has 4 aromatic carbocycles. The fraction of sp³-hybridized carbons (Fsp3) is 0.537. The summed E-state index contributed by atoms with van der Waals surface area (Å²) in [6.45, 7) is 17.7. The minimum atomic E-state index is -0.889. The van der Waals surface area contributed by atoms with Gasteiger partial charge in [0.1, 0.15) is 17.3 Å². The summed E-state index contributed by atoms with van der Waals surface area (Å²) in [5.74, 6) is 19.8. The zero-order valence-electron chi connectivity index (χ0n) is 53.8. The molecule has 9 rings (SSSR count). The van der Waals surface area contributed by atoms with Crippen LogP contribution in [0.1, 0.15) is 237 Å². The van der Waals surface area contributed by atoms with Gasteiger partial charge in [-0.25, -0.2) is 14.4 Å². The van der Waals surface area contributed by atoms with Crippen LogP contribution >= 0.6 is 0 Å². The van der Waals surface area contributed by atoms with E-state index in [0.29, 0.717) is 60.9 Å². The van der Waals surface area contributed by atoms with Crippen molar-refractivity contribution in [3.8, 4) is 46.3 Å². The number of esters is 3. The van der Waals surface area contributed by atoms with Gasteiger partial charge in [0.05, 0.1) is 37.6 Å². The number of carbonyl (C=O) groups is 3. The molecule has 89 heavy (non-hydrogen) atoms. The average Bonchev–Trinajstić information content (AvgIpc) is 1.81. The zero-order chi connectivity index (χ0) is 62.3. The molecule has 474 valence electrons. The number of hydrogen-bond donors (Lipinski definition) is 0. The number of hydrogen-bond acceptors (Lipinski definition) is 9. The van der Waals surface area contributed by atoms with Crippen molar-refractivity contribution in [1.82, 2.24) is 0 Å². The first-order valence-electron chi connectivity index (χ1n) is 34.4. The third-order valence-electron chi connectivity index (χ3n) is 20.2. The highest BCUT2D eigenvalue weighted by Gasteiger charge is 2.42. The van der Waals surface area contributed by atoms with Crippen molar-refractivity contribution in [2.75, 3.05) is 26.4 Å². The summed E-state index contributed by atoms with van der Waals surface area (Å²) in [6, 6.07) is 27.7. The fourth-order valence-corrected chi connectivity index (χ4v) is 14.9. The lowest BCUT2D eigenvalue weighted by Gasteiger charge is -2.41. The molecule has 0 amide bonds. The largest absolute Gasteiger partial charge is 0.494 e. The highest BCUT2D eigenvalue weighted by atomic mass is 16.6. The van der Waals surface area contributed by atoms with Crippen LogP contribution in [0.15, 0.2) is 123 Å². The first kappa shape index (κ1) is 66.4. The predicted molar refractivity (Wildman–Crippen MR) is 357 cm³/mol. The zero-order valence-corrected chi connectivity index (χ0v) is 53.8. The number of carbonyl (C=O) groups excluding carboxylic acids is 3. The lowest BCUT2D eigenvalue weighted by Crippen LogP contribution is -2.39. The van der Waals surface area contributed by atoms with Crippen LogP contribution in [0.3, 0.4) is 0 Å². The van der Waals surface area contributed by atoms with Crippen molar-refractivity contribution < 1.29 is 42.8 Å². The second kappa shape index (κ2) is 33.7. The molecule has 4 aromatic rings. The smallest absolute Gasteiger partial charge is 0.339 e. The van der Waals surface area contributed by atoms with E-state index in [1.165, 1.54) is 105 Å². The van der Waals surface area contributed by atoms with Crippen LogP contribution in [0.2, 0.25) is 0 Å². The Bertz CT molecular complexity index is 2890. The maximum atomic E-state index is 14.1. The molecule has 0 bridgehead atoms. The number of ether oxygens (including phenoxy) is 6. The summed E-state index contributed by atoms with van der Waals surface area (Å²) in [5, 5.41) is 0. The normalized spacial score (nSPS) is 23.5. The van der Waals surface area contributed by atoms with Gasteiger partial charge < -0.3 is 28.4 Å². The molecule has 0 saturated heterocycles. The fourth-order valence-electron chi connectivity index (χ4n) is 14.9. The highest BCUT2D eigenvalue weighted by molar-refractivity contribution is 5.91. The van der Waals surface area contributed by atoms with Crippen molar-refractivity contribution in [2.24, 2.45) is 35.5 Å². The maximum absolute atomic E-state index is 14.1. The van der Waals surface area contributed by atoms with Crippen LogP contribution in [0.25, 0.3) is 11.1 Å². The molecule has 0 spiro atoms. The van der Waals surface area contributed by atoms with Crippen molar-refractivity contribution in [2.45, 2.75) is 211 Å². The number of benzene rings is 4. The van der Waals surface area contributed by atoms with E-state index in [9.17, 15) is 14.4 Å². The van der Waals surface area contributed by atoms with E-state index in [2.05, 4.69) is 93.7 Å². The van der Waals surface area contributed by atoms with Crippen molar-refractivity contribution in [1.29, 1.82) is 0 Å². The van der Waals surface area contributed by atoms with Crippen LogP contribution in [0.5, 0.6) is 11.5 Å². The number of unbranched alkanes of at least 4 members (excludes halogenated alkanes) is 6. The molecule has 9 heteroatoms. The molecule has 4 fully saturated rings. The minimum absolute atomic E-state index is 0.342. The van der Waals surface area contributed by atoms with Gasteiger partial charge in [0.15, 0.2) is 11.2 Å². The van der Waals surface area contributed by atoms with Crippen LogP contribution in [-0.2, 0) is 30.2 Å². The minimum Gasteiger partial charge on any atom is -0.494 e. The van der Waals surface area contributed by atoms with E-state index in [4.69, 9.17) is 28.4 Å². The lowest BCUT2D eigenvalue weighted by atomic mass is 9.67. The molecule has 0 aromatic heterocycles. The third-order valence-corrected chi connectivity index (χ3v) is 20.2. The predicted octanol–water partition coefficient (Wildman–Crippen LogP) is 19.1.